The maximum atomic E-state index is 10.8. The Kier molecular flexibility index (Phi) is 2.84. The van der Waals surface area contributed by atoms with Gasteiger partial charge in [-0.2, -0.15) is 10.3 Å². The van der Waals surface area contributed by atoms with Crippen LogP contribution in [0, 0.1) is 5.21 Å². The number of quaternary nitrogens is 1. The normalized spacial score (nSPS) is 15.2. The van der Waals surface area contributed by atoms with E-state index in [1.807, 2.05) is 24.3 Å². The Balaban J connectivity index is 1.93. The average molecular weight is 257 g/mol. The highest BCUT2D eigenvalue weighted by Crippen LogP contribution is 2.26. The number of aromatic nitrogens is 2. The summed E-state index contributed by atoms with van der Waals surface area (Å²) in [5.41, 5.74) is 2.50. The molecule has 2 heterocycles. The van der Waals surface area contributed by atoms with Gasteiger partial charge in [-0.15, -0.1) is 0 Å². The maximum absolute atomic E-state index is 10.8. The van der Waals surface area contributed by atoms with Crippen molar-refractivity contribution >= 4 is 29.0 Å². The molecule has 1 unspecified atom stereocenters. The van der Waals surface area contributed by atoms with Crippen LogP contribution in [0.3, 0.4) is 0 Å². The van der Waals surface area contributed by atoms with Crippen LogP contribution in [0.25, 0.3) is 5.70 Å². The summed E-state index contributed by atoms with van der Waals surface area (Å²) >= 11 is 0. The molecule has 7 nitrogen and oxygen atoms in total. The summed E-state index contributed by atoms with van der Waals surface area (Å²) in [6.07, 6.45) is 6.11. The first-order chi connectivity index (χ1) is 9.24. The van der Waals surface area contributed by atoms with Crippen LogP contribution in [0.5, 0.6) is 0 Å². The predicted octanol–water partition coefficient (Wildman–Crippen LogP) is 0.913. The van der Waals surface area contributed by atoms with E-state index >= 15 is 0 Å². The third kappa shape index (κ3) is 2.25. The number of para-hydroxylation sites is 2. The molecule has 0 fully saturated rings. The number of hydrogen-bond donors (Lipinski definition) is 3. The van der Waals surface area contributed by atoms with Crippen molar-refractivity contribution in [2.24, 2.45) is 4.99 Å². The van der Waals surface area contributed by atoms with Gasteiger partial charge in [0.05, 0.1) is 29.5 Å². The van der Waals surface area contributed by atoms with Gasteiger partial charge in [-0.25, -0.2) is 9.89 Å². The number of fused-ring (bicyclic) bond motifs is 1. The minimum atomic E-state index is -1.01. The highest BCUT2D eigenvalue weighted by Gasteiger charge is 2.09. The van der Waals surface area contributed by atoms with Crippen molar-refractivity contribution in [2.45, 2.75) is 0 Å². The topological polar surface area (TPSA) is 89.9 Å². The zero-order valence-electron chi connectivity index (χ0n) is 9.82. The van der Waals surface area contributed by atoms with Crippen molar-refractivity contribution in [3.8, 4) is 0 Å². The molecule has 7 heteroatoms. The fourth-order valence-corrected chi connectivity index (χ4v) is 1.73. The molecule has 1 aliphatic heterocycles. The largest absolute Gasteiger partial charge is 0.595 e. The van der Waals surface area contributed by atoms with E-state index in [4.69, 9.17) is 5.21 Å². The molecule has 3 N–H and O–H groups in total. The molecule has 1 aliphatic rings. The first kappa shape index (κ1) is 11.6. The van der Waals surface area contributed by atoms with E-state index in [-0.39, 0.29) is 5.69 Å². The zero-order valence-corrected chi connectivity index (χ0v) is 9.82. The van der Waals surface area contributed by atoms with Gasteiger partial charge in [0.1, 0.15) is 6.20 Å². The molecule has 19 heavy (non-hydrogen) atoms. The van der Waals surface area contributed by atoms with Crippen LogP contribution in [0.15, 0.2) is 47.9 Å². The van der Waals surface area contributed by atoms with Gasteiger partial charge in [-0.1, -0.05) is 12.1 Å². The van der Waals surface area contributed by atoms with Gasteiger partial charge in [0, 0.05) is 6.20 Å². The molecule has 3 rings (SSSR count). The monoisotopic (exact) mass is 257 g/mol. The number of nitrogens with zero attached hydrogens (tertiary/aromatic N) is 3. The average Bonchev–Trinajstić information content (AvgIpc) is 2.80. The van der Waals surface area contributed by atoms with Crippen LogP contribution >= 0.6 is 0 Å². The first-order valence-electron chi connectivity index (χ1n) is 5.62. The van der Waals surface area contributed by atoms with E-state index in [0.717, 1.165) is 11.4 Å². The van der Waals surface area contributed by atoms with Crippen LogP contribution < -0.4 is 10.5 Å². The lowest BCUT2D eigenvalue weighted by atomic mass is 10.3. The molecule has 0 amide bonds. The second-order valence-corrected chi connectivity index (χ2v) is 3.97. The molecule has 0 aliphatic carbocycles. The number of hydrogen-bond acceptors (Lipinski definition) is 5. The number of allylic oxidation sites excluding steroid dienone is 1. The number of aliphatic imine (C=N–C) groups is 1. The molecular formula is C12H11N5O2. The molecule has 2 aromatic rings. The van der Waals surface area contributed by atoms with Crippen LogP contribution in [0.1, 0.15) is 0 Å². The van der Waals surface area contributed by atoms with Crippen molar-refractivity contribution < 1.29 is 10.4 Å². The Bertz CT molecular complexity index is 660. The summed E-state index contributed by atoms with van der Waals surface area (Å²) in [5.74, 6) is 0. The van der Waals surface area contributed by atoms with Crippen LogP contribution in [-0.2, 0) is 0 Å². The van der Waals surface area contributed by atoms with E-state index in [9.17, 15) is 5.21 Å². The summed E-state index contributed by atoms with van der Waals surface area (Å²) in [6, 6.07) is 7.62. The van der Waals surface area contributed by atoms with E-state index < -0.39 is 5.23 Å². The first-order valence-corrected chi connectivity index (χ1v) is 5.62. The number of rotatable bonds is 2. The SMILES string of the molecule is [O-][NH+](O)c1cnn(C2=CNc3ccccc3N=C2)c1. The fraction of sp³-hybridized carbons (Fsp3) is 0. The van der Waals surface area contributed by atoms with Crippen LogP contribution in [0.2, 0.25) is 0 Å². The Morgan fingerprint density at radius 1 is 1.32 bits per heavy atom. The molecule has 1 aromatic heterocycles. The predicted molar refractivity (Wildman–Crippen MR) is 70.5 cm³/mol. The lowest BCUT2D eigenvalue weighted by Crippen LogP contribution is -2.99. The van der Waals surface area contributed by atoms with Gasteiger partial charge in [0.25, 0.3) is 0 Å². The van der Waals surface area contributed by atoms with Crippen molar-refractivity contribution in [1.29, 1.82) is 0 Å². The van der Waals surface area contributed by atoms with Gasteiger partial charge < -0.3 is 10.5 Å². The smallest absolute Gasteiger partial charge is 0.202 e. The molecule has 96 valence electrons. The molecule has 0 bridgehead atoms. The minimum absolute atomic E-state index is 0.135. The highest BCUT2D eigenvalue weighted by atomic mass is 16.8. The van der Waals surface area contributed by atoms with Crippen molar-refractivity contribution in [3.05, 3.63) is 48.1 Å². The molecule has 0 radical (unpaired) electrons. The third-order valence-electron chi connectivity index (χ3n) is 2.71. The van der Waals surface area contributed by atoms with E-state index in [1.54, 1.807) is 12.4 Å². The van der Waals surface area contributed by atoms with E-state index in [0.29, 0.717) is 5.70 Å². The second-order valence-electron chi connectivity index (χ2n) is 3.97. The Morgan fingerprint density at radius 2 is 2.16 bits per heavy atom. The summed E-state index contributed by atoms with van der Waals surface area (Å²) in [7, 11) is 0. The summed E-state index contributed by atoms with van der Waals surface area (Å²) < 4.78 is 1.46. The fourth-order valence-electron chi connectivity index (χ4n) is 1.73. The lowest BCUT2D eigenvalue weighted by molar-refractivity contribution is -0.991. The number of nitrogens with one attached hydrogen (secondary N) is 2. The lowest BCUT2D eigenvalue weighted by Gasteiger charge is -2.07. The zero-order chi connectivity index (χ0) is 13.2. The highest BCUT2D eigenvalue weighted by molar-refractivity contribution is 6.05. The standard InChI is InChI=1S/C12H11N5O2/c18-17(19)10-7-15-16(8-10)9-5-13-11-3-1-2-4-12(11)14-6-9/h1-8,13,17-18H. The molecule has 1 atom stereocenters. The summed E-state index contributed by atoms with van der Waals surface area (Å²) in [4.78, 5) is 4.33. The number of benzene rings is 1. The summed E-state index contributed by atoms with van der Waals surface area (Å²) in [6.45, 7) is 0. The van der Waals surface area contributed by atoms with Gasteiger partial charge in [-0.05, 0) is 12.1 Å². The van der Waals surface area contributed by atoms with E-state index in [1.165, 1.54) is 17.1 Å². The van der Waals surface area contributed by atoms with Crippen molar-refractivity contribution in [3.63, 3.8) is 0 Å². The maximum Gasteiger partial charge on any atom is 0.202 e. The van der Waals surface area contributed by atoms with Gasteiger partial charge >= 0.3 is 0 Å². The molecule has 0 saturated heterocycles. The molecule has 0 saturated carbocycles. The Morgan fingerprint density at radius 3 is 2.95 bits per heavy atom. The van der Waals surface area contributed by atoms with Crippen molar-refractivity contribution in [2.75, 3.05) is 5.32 Å². The van der Waals surface area contributed by atoms with Crippen molar-refractivity contribution in [1.82, 2.24) is 9.78 Å². The van der Waals surface area contributed by atoms with E-state index in [2.05, 4.69) is 15.4 Å². The summed E-state index contributed by atoms with van der Waals surface area (Å²) in [5, 5.41) is 25.8. The number of anilines is 1. The molecule has 0 spiro atoms. The minimum Gasteiger partial charge on any atom is -0.595 e. The quantitative estimate of drug-likeness (QED) is 0.698. The van der Waals surface area contributed by atoms with Gasteiger partial charge in [-0.3, -0.25) is 4.99 Å². The molecular weight excluding hydrogens is 246 g/mol. The second kappa shape index (κ2) is 4.65. The van der Waals surface area contributed by atoms with Gasteiger partial charge in [0.15, 0.2) is 0 Å². The van der Waals surface area contributed by atoms with Crippen LogP contribution in [-0.4, -0.2) is 21.2 Å². The third-order valence-corrected chi connectivity index (χ3v) is 2.71. The Labute approximate surface area is 108 Å². The van der Waals surface area contributed by atoms with Crippen LogP contribution in [0.4, 0.5) is 17.1 Å². The Hall–Kier alpha value is -2.48. The van der Waals surface area contributed by atoms with Gasteiger partial charge in [0.2, 0.25) is 5.69 Å². The molecule has 1 aromatic carbocycles.